The van der Waals surface area contributed by atoms with Crippen molar-refractivity contribution in [2.45, 2.75) is 69.3 Å². The Labute approximate surface area is 231 Å². The van der Waals surface area contributed by atoms with E-state index in [0.717, 1.165) is 23.8 Å². The molecule has 40 heavy (non-hydrogen) atoms. The maximum Gasteiger partial charge on any atom is 0.463 e. The lowest BCUT2D eigenvalue weighted by atomic mass is 9.80. The Morgan fingerprint density at radius 3 is 2.42 bits per heavy atom. The van der Waals surface area contributed by atoms with Crippen LogP contribution in [0, 0.1) is 17.2 Å². The molecule has 2 aliphatic heterocycles. The number of fused-ring (bicyclic) bond motifs is 2. The standard InChI is InChI=1S/C25H27ClF5N5O4/c1-12(2)7-18(35(4)19(37)13(3)33-22(40)24(27,28)25(29,30)31)20(38)36-11-23(9-15(36)10-32)16-8-14(26)5-6-17(16)34-21(23)39/h5-6,8,12-13,15,18H,7,9,11H2,1-4H3,(H,33,40)(H,34,39)/t13-,15-,18-,23-/m0/s1. The van der Waals surface area contributed by atoms with E-state index < -0.39 is 59.3 Å². The molecule has 2 aliphatic rings. The first kappa shape index (κ1) is 31.1. The quantitative estimate of drug-likeness (QED) is 0.472. The smallest absolute Gasteiger partial charge is 0.339 e. The highest BCUT2D eigenvalue weighted by Crippen LogP contribution is 2.47. The summed E-state index contributed by atoms with van der Waals surface area (Å²) in [6, 6.07) is 2.54. The van der Waals surface area contributed by atoms with Gasteiger partial charge in [0.15, 0.2) is 0 Å². The molecule has 1 fully saturated rings. The van der Waals surface area contributed by atoms with Gasteiger partial charge >= 0.3 is 18.0 Å². The molecule has 15 heteroatoms. The molecule has 0 unspecified atom stereocenters. The third kappa shape index (κ3) is 5.43. The van der Waals surface area contributed by atoms with Crippen molar-refractivity contribution >= 4 is 40.9 Å². The molecule has 2 heterocycles. The van der Waals surface area contributed by atoms with Crippen LogP contribution in [0.25, 0.3) is 0 Å². The van der Waals surface area contributed by atoms with Crippen LogP contribution in [-0.2, 0) is 24.6 Å². The van der Waals surface area contributed by atoms with Gasteiger partial charge in [-0.1, -0.05) is 25.4 Å². The fraction of sp³-hybridized carbons (Fsp3) is 0.560. The zero-order chi connectivity index (χ0) is 30.4. The van der Waals surface area contributed by atoms with Gasteiger partial charge in [-0.15, -0.1) is 0 Å². The summed E-state index contributed by atoms with van der Waals surface area (Å²) in [6.07, 6.45) is -6.20. The van der Waals surface area contributed by atoms with Gasteiger partial charge in [0, 0.05) is 30.7 Å². The van der Waals surface area contributed by atoms with Crippen molar-refractivity contribution in [1.82, 2.24) is 15.1 Å². The Morgan fingerprint density at radius 1 is 1.25 bits per heavy atom. The normalized spacial score (nSPS) is 22.0. The average molecular weight is 592 g/mol. The van der Waals surface area contributed by atoms with Crippen LogP contribution in [0.15, 0.2) is 18.2 Å². The van der Waals surface area contributed by atoms with E-state index >= 15 is 0 Å². The van der Waals surface area contributed by atoms with E-state index in [1.165, 1.54) is 5.32 Å². The second-order valence-electron chi connectivity index (χ2n) is 10.4. The molecule has 4 atom stereocenters. The molecule has 218 valence electrons. The summed E-state index contributed by atoms with van der Waals surface area (Å²) in [5.74, 6) is -10.9. The second-order valence-corrected chi connectivity index (χ2v) is 10.8. The van der Waals surface area contributed by atoms with E-state index in [9.17, 15) is 46.4 Å². The van der Waals surface area contributed by atoms with Gasteiger partial charge in [0.25, 0.3) is 0 Å². The minimum absolute atomic E-state index is 0.0245. The van der Waals surface area contributed by atoms with E-state index in [0.29, 0.717) is 16.3 Å². The van der Waals surface area contributed by atoms with Crippen LogP contribution in [-0.4, -0.2) is 77.2 Å². The van der Waals surface area contributed by atoms with Crippen molar-refractivity contribution < 1.29 is 41.1 Å². The number of halogens is 6. The number of carbonyl (C=O) groups is 4. The third-order valence-corrected chi connectivity index (χ3v) is 7.36. The lowest BCUT2D eigenvalue weighted by Crippen LogP contribution is -2.58. The molecule has 0 bridgehead atoms. The number of carbonyl (C=O) groups excluding carboxylic acids is 4. The highest BCUT2D eigenvalue weighted by atomic mass is 35.5. The zero-order valence-corrected chi connectivity index (χ0v) is 22.7. The first-order chi connectivity index (χ1) is 18.4. The Morgan fingerprint density at radius 2 is 1.88 bits per heavy atom. The summed E-state index contributed by atoms with van der Waals surface area (Å²) < 4.78 is 64.5. The Kier molecular flexibility index (Phi) is 8.41. The number of nitriles is 1. The van der Waals surface area contributed by atoms with Crippen LogP contribution in [0.5, 0.6) is 0 Å². The number of likely N-dealkylation sites (tertiary alicyclic amines) is 1. The molecule has 0 radical (unpaired) electrons. The maximum absolute atomic E-state index is 13.8. The first-order valence-corrected chi connectivity index (χ1v) is 12.6. The van der Waals surface area contributed by atoms with Crippen molar-refractivity contribution in [1.29, 1.82) is 5.26 Å². The topological polar surface area (TPSA) is 123 Å². The summed E-state index contributed by atoms with van der Waals surface area (Å²) >= 11 is 6.14. The fourth-order valence-corrected chi connectivity index (χ4v) is 5.17. The molecule has 9 nitrogen and oxygen atoms in total. The number of alkyl halides is 5. The largest absolute Gasteiger partial charge is 0.463 e. The third-order valence-electron chi connectivity index (χ3n) is 7.12. The Hall–Kier alpha value is -3.47. The monoisotopic (exact) mass is 591 g/mol. The highest BCUT2D eigenvalue weighted by molar-refractivity contribution is 6.31. The van der Waals surface area contributed by atoms with Crippen LogP contribution in [0.4, 0.5) is 27.6 Å². The fourth-order valence-electron chi connectivity index (χ4n) is 5.00. The molecule has 0 aromatic heterocycles. The molecule has 3 rings (SSSR count). The van der Waals surface area contributed by atoms with Gasteiger partial charge in [0.05, 0.1) is 11.5 Å². The predicted molar refractivity (Wildman–Crippen MR) is 132 cm³/mol. The summed E-state index contributed by atoms with van der Waals surface area (Å²) in [4.78, 5) is 53.5. The zero-order valence-electron chi connectivity index (χ0n) is 21.9. The number of anilines is 1. The molecular weight excluding hydrogens is 565 g/mol. The molecule has 1 aromatic carbocycles. The number of hydrogen-bond donors (Lipinski definition) is 2. The van der Waals surface area contributed by atoms with Gasteiger partial charge in [-0.25, -0.2) is 0 Å². The summed E-state index contributed by atoms with van der Waals surface area (Å²) in [5.41, 5.74) is -0.301. The molecule has 4 amide bonds. The molecule has 1 spiro atoms. The lowest BCUT2D eigenvalue weighted by Gasteiger charge is -2.34. The van der Waals surface area contributed by atoms with Crippen molar-refractivity contribution in [3.05, 3.63) is 28.8 Å². The van der Waals surface area contributed by atoms with Crippen LogP contribution in [0.3, 0.4) is 0 Å². The van der Waals surface area contributed by atoms with E-state index in [-0.39, 0.29) is 25.3 Å². The molecule has 2 N–H and O–H groups in total. The number of hydrogen-bond acceptors (Lipinski definition) is 5. The molecule has 0 aliphatic carbocycles. The summed E-state index contributed by atoms with van der Waals surface area (Å²) in [7, 11) is 1.14. The van der Waals surface area contributed by atoms with E-state index in [4.69, 9.17) is 11.6 Å². The van der Waals surface area contributed by atoms with Gasteiger partial charge < -0.3 is 20.4 Å². The van der Waals surface area contributed by atoms with E-state index in [1.54, 1.807) is 32.0 Å². The Balaban J connectivity index is 1.88. The molecular formula is C25H27ClF5N5O4. The van der Waals surface area contributed by atoms with Crippen molar-refractivity contribution in [2.24, 2.45) is 5.92 Å². The van der Waals surface area contributed by atoms with Gasteiger partial charge in [0.1, 0.15) is 18.1 Å². The van der Waals surface area contributed by atoms with Gasteiger partial charge in [0.2, 0.25) is 17.7 Å². The van der Waals surface area contributed by atoms with Crippen LogP contribution in [0.2, 0.25) is 5.02 Å². The van der Waals surface area contributed by atoms with Crippen molar-refractivity contribution in [3.8, 4) is 6.07 Å². The molecule has 0 saturated carbocycles. The van der Waals surface area contributed by atoms with Crippen LogP contribution >= 0.6 is 11.6 Å². The minimum atomic E-state index is -6.17. The Bertz CT molecular complexity index is 1270. The average Bonchev–Trinajstić information content (AvgIpc) is 3.38. The summed E-state index contributed by atoms with van der Waals surface area (Å²) in [6.45, 7) is 4.14. The van der Waals surface area contributed by atoms with E-state index in [2.05, 4.69) is 5.32 Å². The van der Waals surface area contributed by atoms with Crippen molar-refractivity contribution in [2.75, 3.05) is 18.9 Å². The van der Waals surface area contributed by atoms with E-state index in [1.807, 2.05) is 6.07 Å². The molecule has 1 saturated heterocycles. The molecule has 1 aromatic rings. The van der Waals surface area contributed by atoms with Crippen molar-refractivity contribution in [3.63, 3.8) is 0 Å². The van der Waals surface area contributed by atoms with Gasteiger partial charge in [-0.2, -0.15) is 27.2 Å². The highest BCUT2D eigenvalue weighted by Gasteiger charge is 2.64. The lowest BCUT2D eigenvalue weighted by molar-refractivity contribution is -0.270. The minimum Gasteiger partial charge on any atom is -0.339 e. The van der Waals surface area contributed by atoms with Crippen LogP contribution < -0.4 is 10.6 Å². The first-order valence-electron chi connectivity index (χ1n) is 12.2. The summed E-state index contributed by atoms with van der Waals surface area (Å²) in [5, 5.41) is 14.3. The SMILES string of the molecule is CC(C)C[C@@H](C(=O)N1C[C@]2(C[C@H]1C#N)C(=O)Nc1ccc(Cl)cc12)N(C)C(=O)[C@H](C)NC(=O)C(F)(F)C(F)(F)F. The predicted octanol–water partition coefficient (Wildman–Crippen LogP) is 3.23. The maximum atomic E-state index is 13.8. The number of likely N-dealkylation sites (N-methyl/N-ethyl adjacent to an activating group) is 1. The number of benzene rings is 1. The van der Waals surface area contributed by atoms with Crippen LogP contribution in [0.1, 0.15) is 39.2 Å². The number of nitrogens with one attached hydrogen (secondary N) is 2. The number of rotatable bonds is 7. The van der Waals surface area contributed by atoms with Gasteiger partial charge in [-0.3, -0.25) is 19.2 Å². The van der Waals surface area contributed by atoms with Gasteiger partial charge in [-0.05, 0) is 43.0 Å². The number of amides is 4. The number of nitrogens with zero attached hydrogens (tertiary/aromatic N) is 3. The second kappa shape index (κ2) is 10.8.